The molecule has 0 radical (unpaired) electrons. The van der Waals surface area contributed by atoms with Crippen LogP contribution in [0.4, 0.5) is 5.82 Å². The maximum Gasteiger partial charge on any atom is 0.272 e. The average Bonchev–Trinajstić information content (AvgIpc) is 2.28. The molecule has 1 aromatic heterocycles. The smallest absolute Gasteiger partial charge is 0.272 e. The third kappa shape index (κ3) is 3.16. The van der Waals surface area contributed by atoms with E-state index in [1.54, 1.807) is 12.1 Å². The van der Waals surface area contributed by atoms with E-state index in [0.29, 0.717) is 12.4 Å². The molecule has 0 bridgehead atoms. The van der Waals surface area contributed by atoms with Gasteiger partial charge in [-0.1, -0.05) is 0 Å². The second-order valence-electron chi connectivity index (χ2n) is 5.11. The van der Waals surface area contributed by atoms with Crippen molar-refractivity contribution in [2.45, 2.75) is 38.3 Å². The van der Waals surface area contributed by atoms with Crippen LogP contribution in [0.15, 0.2) is 12.1 Å². The minimum absolute atomic E-state index is 0.112. The molecule has 6 nitrogen and oxygen atoms in total. The molecule has 1 aliphatic heterocycles. The first kappa shape index (κ1) is 12.8. The Bertz CT molecular complexity index is 430. The molecule has 2 heterocycles. The van der Waals surface area contributed by atoms with E-state index >= 15 is 0 Å². The third-order valence-electron chi connectivity index (χ3n) is 2.95. The molecule has 1 atom stereocenters. The first-order chi connectivity index (χ1) is 8.46. The van der Waals surface area contributed by atoms with Crippen molar-refractivity contribution >= 4 is 11.7 Å². The number of anilines is 1. The number of aromatic nitrogens is 2. The van der Waals surface area contributed by atoms with Gasteiger partial charge in [-0.3, -0.25) is 4.79 Å². The molecule has 0 aromatic carbocycles. The van der Waals surface area contributed by atoms with Crippen molar-refractivity contribution in [3.8, 4) is 0 Å². The molecule has 0 spiro atoms. The lowest BCUT2D eigenvalue weighted by Crippen LogP contribution is -2.46. The van der Waals surface area contributed by atoms with Crippen molar-refractivity contribution in [2.75, 3.05) is 12.3 Å². The van der Waals surface area contributed by atoms with Crippen molar-refractivity contribution in [2.24, 2.45) is 0 Å². The largest absolute Gasteiger partial charge is 0.382 e. The molecule has 1 amide bonds. The summed E-state index contributed by atoms with van der Waals surface area (Å²) < 4.78 is 5.60. The number of ether oxygens (including phenoxy) is 1. The normalized spacial score (nSPS) is 22.4. The lowest BCUT2D eigenvalue weighted by molar-refractivity contribution is -0.0615. The van der Waals surface area contributed by atoms with Gasteiger partial charge >= 0.3 is 0 Å². The van der Waals surface area contributed by atoms with Crippen LogP contribution < -0.4 is 11.1 Å². The van der Waals surface area contributed by atoms with E-state index in [2.05, 4.69) is 15.5 Å². The molecule has 18 heavy (non-hydrogen) atoms. The van der Waals surface area contributed by atoms with Gasteiger partial charge in [0.05, 0.1) is 5.60 Å². The highest BCUT2D eigenvalue weighted by molar-refractivity contribution is 5.92. The van der Waals surface area contributed by atoms with E-state index in [0.717, 1.165) is 12.8 Å². The van der Waals surface area contributed by atoms with Crippen molar-refractivity contribution in [1.82, 2.24) is 15.5 Å². The van der Waals surface area contributed by atoms with Crippen LogP contribution in [0, 0.1) is 0 Å². The summed E-state index contributed by atoms with van der Waals surface area (Å²) in [5.41, 5.74) is 5.52. The summed E-state index contributed by atoms with van der Waals surface area (Å²) in [5, 5.41) is 10.4. The number of nitrogens with one attached hydrogen (secondary N) is 1. The third-order valence-corrected chi connectivity index (χ3v) is 2.95. The Balaban J connectivity index is 1.97. The lowest BCUT2D eigenvalue weighted by atomic mass is 9.94. The molecule has 1 aromatic rings. The highest BCUT2D eigenvalue weighted by Gasteiger charge is 2.29. The SMILES string of the molecule is CC1(C)CC(NC(=O)c2ccc(N)nn2)CCO1. The highest BCUT2D eigenvalue weighted by atomic mass is 16.5. The number of rotatable bonds is 2. The second-order valence-corrected chi connectivity index (χ2v) is 5.11. The summed E-state index contributed by atoms with van der Waals surface area (Å²) in [5.74, 6) is 0.0870. The van der Waals surface area contributed by atoms with Gasteiger partial charge < -0.3 is 15.8 Å². The van der Waals surface area contributed by atoms with E-state index in [1.807, 2.05) is 13.8 Å². The number of hydrogen-bond donors (Lipinski definition) is 2. The van der Waals surface area contributed by atoms with Crippen molar-refractivity contribution in [3.05, 3.63) is 17.8 Å². The molecule has 3 N–H and O–H groups in total. The molecular weight excluding hydrogens is 232 g/mol. The molecule has 0 aliphatic carbocycles. The molecule has 0 saturated carbocycles. The van der Waals surface area contributed by atoms with Crippen LogP contribution in [0.1, 0.15) is 37.2 Å². The number of hydrogen-bond acceptors (Lipinski definition) is 5. The van der Waals surface area contributed by atoms with Gasteiger partial charge in [0.1, 0.15) is 5.82 Å². The van der Waals surface area contributed by atoms with Gasteiger partial charge in [-0.05, 0) is 38.8 Å². The summed E-state index contributed by atoms with van der Waals surface area (Å²) in [4.78, 5) is 11.9. The number of carbonyl (C=O) groups excluding carboxylic acids is 1. The predicted molar refractivity (Wildman–Crippen MR) is 67.0 cm³/mol. The molecule has 98 valence electrons. The van der Waals surface area contributed by atoms with Crippen LogP contribution in [0.2, 0.25) is 0 Å². The zero-order valence-electron chi connectivity index (χ0n) is 10.6. The Kier molecular flexibility index (Phi) is 3.47. The Morgan fingerprint density at radius 1 is 1.50 bits per heavy atom. The summed E-state index contributed by atoms with van der Waals surface area (Å²) >= 11 is 0. The first-order valence-electron chi connectivity index (χ1n) is 6.00. The molecule has 1 aliphatic rings. The first-order valence-corrected chi connectivity index (χ1v) is 6.00. The molecule has 1 unspecified atom stereocenters. The van der Waals surface area contributed by atoms with Crippen molar-refractivity contribution in [3.63, 3.8) is 0 Å². The molecular formula is C12H18N4O2. The van der Waals surface area contributed by atoms with E-state index < -0.39 is 0 Å². The summed E-state index contributed by atoms with van der Waals surface area (Å²) in [7, 11) is 0. The van der Waals surface area contributed by atoms with Gasteiger partial charge in [-0.2, -0.15) is 0 Å². The number of carbonyl (C=O) groups is 1. The van der Waals surface area contributed by atoms with Gasteiger partial charge in [-0.25, -0.2) is 0 Å². The zero-order valence-corrected chi connectivity index (χ0v) is 10.6. The van der Waals surface area contributed by atoms with Crippen LogP contribution in [0.5, 0.6) is 0 Å². The van der Waals surface area contributed by atoms with Crippen LogP contribution in [0.25, 0.3) is 0 Å². The fourth-order valence-electron chi connectivity index (χ4n) is 2.08. The Morgan fingerprint density at radius 2 is 2.28 bits per heavy atom. The van der Waals surface area contributed by atoms with Crippen LogP contribution in [-0.4, -0.2) is 34.4 Å². The van der Waals surface area contributed by atoms with Crippen molar-refractivity contribution < 1.29 is 9.53 Å². The fourth-order valence-corrected chi connectivity index (χ4v) is 2.08. The Morgan fingerprint density at radius 3 is 2.89 bits per heavy atom. The monoisotopic (exact) mass is 250 g/mol. The van der Waals surface area contributed by atoms with E-state index in [4.69, 9.17) is 10.5 Å². The zero-order chi connectivity index (χ0) is 13.2. The topological polar surface area (TPSA) is 90.1 Å². The van der Waals surface area contributed by atoms with Crippen LogP contribution in [-0.2, 0) is 4.74 Å². The summed E-state index contributed by atoms with van der Waals surface area (Å²) in [6.45, 7) is 4.70. The molecule has 1 fully saturated rings. The molecule has 2 rings (SSSR count). The predicted octanol–water partition coefficient (Wildman–Crippen LogP) is 0.746. The lowest BCUT2D eigenvalue weighted by Gasteiger charge is -2.35. The Hall–Kier alpha value is -1.69. The summed E-state index contributed by atoms with van der Waals surface area (Å²) in [6, 6.07) is 3.25. The number of nitrogens with two attached hydrogens (primary N) is 1. The minimum atomic E-state index is -0.217. The van der Waals surface area contributed by atoms with E-state index in [-0.39, 0.29) is 23.2 Å². The highest BCUT2D eigenvalue weighted by Crippen LogP contribution is 2.23. The van der Waals surface area contributed by atoms with Crippen molar-refractivity contribution in [1.29, 1.82) is 0 Å². The number of nitrogens with zero attached hydrogens (tertiary/aromatic N) is 2. The number of nitrogen functional groups attached to an aromatic ring is 1. The molecule has 6 heteroatoms. The van der Waals surface area contributed by atoms with Gasteiger partial charge in [-0.15, -0.1) is 10.2 Å². The molecule has 1 saturated heterocycles. The summed E-state index contributed by atoms with van der Waals surface area (Å²) in [6.07, 6.45) is 1.61. The maximum atomic E-state index is 11.9. The van der Waals surface area contributed by atoms with Crippen LogP contribution >= 0.6 is 0 Å². The van der Waals surface area contributed by atoms with E-state index in [1.165, 1.54) is 0 Å². The Labute approximate surface area is 106 Å². The van der Waals surface area contributed by atoms with Gasteiger partial charge in [0.2, 0.25) is 0 Å². The van der Waals surface area contributed by atoms with Gasteiger partial charge in [0, 0.05) is 12.6 Å². The van der Waals surface area contributed by atoms with Gasteiger partial charge in [0.15, 0.2) is 5.69 Å². The standard InChI is InChI=1S/C12H18N4O2/c1-12(2)7-8(5-6-18-12)14-11(17)9-3-4-10(13)16-15-9/h3-4,8H,5-7H2,1-2H3,(H2,13,16)(H,14,17). The minimum Gasteiger partial charge on any atom is -0.382 e. The fraction of sp³-hybridized carbons (Fsp3) is 0.583. The van der Waals surface area contributed by atoms with Crippen LogP contribution in [0.3, 0.4) is 0 Å². The van der Waals surface area contributed by atoms with Gasteiger partial charge in [0.25, 0.3) is 5.91 Å². The quantitative estimate of drug-likeness (QED) is 0.808. The average molecular weight is 250 g/mol. The van der Waals surface area contributed by atoms with E-state index in [9.17, 15) is 4.79 Å². The maximum absolute atomic E-state index is 11.9. The second kappa shape index (κ2) is 4.89. The number of amides is 1.